The van der Waals surface area contributed by atoms with E-state index in [0.717, 1.165) is 18.2 Å². The Balaban J connectivity index is 1.77. The van der Waals surface area contributed by atoms with Gasteiger partial charge in [-0.15, -0.1) is 11.8 Å². The Bertz CT molecular complexity index is 484. The van der Waals surface area contributed by atoms with Crippen molar-refractivity contribution >= 4 is 17.7 Å². The number of rotatable bonds is 5. The first-order chi connectivity index (χ1) is 9.69. The third kappa shape index (κ3) is 2.80. The van der Waals surface area contributed by atoms with Crippen molar-refractivity contribution in [3.8, 4) is 5.75 Å². The Morgan fingerprint density at radius 3 is 2.60 bits per heavy atom. The van der Waals surface area contributed by atoms with Crippen LogP contribution in [-0.2, 0) is 4.79 Å². The van der Waals surface area contributed by atoms with Crippen LogP contribution in [0.3, 0.4) is 0 Å². The van der Waals surface area contributed by atoms with Gasteiger partial charge in [0.25, 0.3) is 0 Å². The second-order valence-electron chi connectivity index (χ2n) is 5.57. The molecule has 4 heteroatoms. The number of amides is 1. The molecule has 2 atom stereocenters. The standard InChI is InChI=1S/C16H21NO2S/c1-3-19-14-8-6-13(7-9-14)16-17(10-12-4-5-12)15(18)11(2)20-16/h6-9,11-12,16H,3-5,10H2,1-2H3/t11-,16+/m1/s1. The van der Waals surface area contributed by atoms with Crippen LogP contribution >= 0.6 is 11.8 Å². The zero-order valence-corrected chi connectivity index (χ0v) is 12.9. The van der Waals surface area contributed by atoms with Gasteiger partial charge in [-0.3, -0.25) is 4.79 Å². The molecule has 2 aliphatic rings. The van der Waals surface area contributed by atoms with E-state index in [1.54, 1.807) is 11.8 Å². The van der Waals surface area contributed by atoms with E-state index in [2.05, 4.69) is 17.0 Å². The normalized spacial score (nSPS) is 26.1. The number of thioether (sulfide) groups is 1. The van der Waals surface area contributed by atoms with Gasteiger partial charge in [0.15, 0.2) is 0 Å². The molecule has 1 aliphatic heterocycles. The maximum atomic E-state index is 12.3. The lowest BCUT2D eigenvalue weighted by Crippen LogP contribution is -2.32. The average molecular weight is 291 g/mol. The first-order valence-corrected chi connectivity index (χ1v) is 8.32. The first-order valence-electron chi connectivity index (χ1n) is 7.37. The van der Waals surface area contributed by atoms with E-state index in [9.17, 15) is 4.79 Å². The van der Waals surface area contributed by atoms with Gasteiger partial charge in [0.1, 0.15) is 11.1 Å². The molecule has 0 aromatic heterocycles. The number of hydrogen-bond acceptors (Lipinski definition) is 3. The van der Waals surface area contributed by atoms with Crippen molar-refractivity contribution in [1.29, 1.82) is 0 Å². The second-order valence-corrected chi connectivity index (χ2v) is 6.99. The van der Waals surface area contributed by atoms with Crippen LogP contribution < -0.4 is 4.74 Å². The molecule has 0 bridgehead atoms. The number of carbonyl (C=O) groups is 1. The summed E-state index contributed by atoms with van der Waals surface area (Å²) in [5.74, 6) is 1.92. The second kappa shape index (κ2) is 5.68. The van der Waals surface area contributed by atoms with Crippen LogP contribution in [0, 0.1) is 5.92 Å². The Labute approximate surface area is 124 Å². The summed E-state index contributed by atoms with van der Waals surface area (Å²) in [5, 5.41) is 0.249. The monoisotopic (exact) mass is 291 g/mol. The van der Waals surface area contributed by atoms with Crippen molar-refractivity contribution in [2.45, 2.75) is 37.3 Å². The van der Waals surface area contributed by atoms with Crippen LogP contribution in [0.5, 0.6) is 5.75 Å². The molecule has 1 aromatic carbocycles. The fourth-order valence-corrected chi connectivity index (χ4v) is 3.88. The molecule has 3 nitrogen and oxygen atoms in total. The van der Waals surface area contributed by atoms with Crippen LogP contribution in [0.4, 0.5) is 0 Å². The molecule has 108 valence electrons. The summed E-state index contributed by atoms with van der Waals surface area (Å²) in [5.41, 5.74) is 1.21. The van der Waals surface area contributed by atoms with Gasteiger partial charge in [-0.05, 0) is 50.3 Å². The summed E-state index contributed by atoms with van der Waals surface area (Å²) < 4.78 is 5.48. The van der Waals surface area contributed by atoms with E-state index >= 15 is 0 Å². The van der Waals surface area contributed by atoms with Crippen molar-refractivity contribution < 1.29 is 9.53 Å². The molecule has 2 fully saturated rings. The van der Waals surface area contributed by atoms with E-state index in [-0.39, 0.29) is 10.6 Å². The lowest BCUT2D eigenvalue weighted by molar-refractivity contribution is -0.130. The zero-order valence-electron chi connectivity index (χ0n) is 12.0. The van der Waals surface area contributed by atoms with Crippen molar-refractivity contribution in [3.63, 3.8) is 0 Å². The average Bonchev–Trinajstić information content (AvgIpc) is 3.22. The molecule has 1 saturated heterocycles. The molecule has 1 heterocycles. The summed E-state index contributed by atoms with van der Waals surface area (Å²) in [4.78, 5) is 14.4. The number of ether oxygens (including phenoxy) is 1. The Morgan fingerprint density at radius 1 is 1.30 bits per heavy atom. The summed E-state index contributed by atoms with van der Waals surface area (Å²) in [6.45, 7) is 5.61. The minimum atomic E-state index is 0.0744. The van der Waals surface area contributed by atoms with Crippen molar-refractivity contribution in [2.24, 2.45) is 5.92 Å². The van der Waals surface area contributed by atoms with E-state index in [1.807, 2.05) is 26.0 Å². The highest BCUT2D eigenvalue weighted by Gasteiger charge is 2.40. The predicted octanol–water partition coefficient (Wildman–Crippen LogP) is 3.46. The summed E-state index contributed by atoms with van der Waals surface area (Å²) in [7, 11) is 0. The summed E-state index contributed by atoms with van der Waals surface area (Å²) in [6.07, 6.45) is 2.55. The van der Waals surface area contributed by atoms with Gasteiger partial charge in [-0.1, -0.05) is 12.1 Å². The molecular formula is C16H21NO2S. The van der Waals surface area contributed by atoms with Gasteiger partial charge in [0.05, 0.1) is 11.9 Å². The number of nitrogens with zero attached hydrogens (tertiary/aromatic N) is 1. The van der Waals surface area contributed by atoms with Crippen LogP contribution in [-0.4, -0.2) is 29.2 Å². The number of hydrogen-bond donors (Lipinski definition) is 0. The minimum absolute atomic E-state index is 0.0744. The molecule has 0 unspecified atom stereocenters. The van der Waals surface area contributed by atoms with Crippen LogP contribution in [0.25, 0.3) is 0 Å². The summed E-state index contributed by atoms with van der Waals surface area (Å²) >= 11 is 1.76. The molecule has 3 rings (SSSR count). The zero-order chi connectivity index (χ0) is 14.1. The highest BCUT2D eigenvalue weighted by atomic mass is 32.2. The fraction of sp³-hybridized carbons (Fsp3) is 0.562. The Hall–Kier alpha value is -1.16. The van der Waals surface area contributed by atoms with E-state index < -0.39 is 0 Å². The van der Waals surface area contributed by atoms with E-state index in [1.165, 1.54) is 18.4 Å². The quantitative estimate of drug-likeness (QED) is 0.832. The third-order valence-corrected chi connectivity index (χ3v) is 5.27. The lowest BCUT2D eigenvalue weighted by atomic mass is 10.2. The molecule has 20 heavy (non-hydrogen) atoms. The molecule has 1 amide bonds. The molecule has 1 aliphatic carbocycles. The topological polar surface area (TPSA) is 29.5 Å². The maximum Gasteiger partial charge on any atom is 0.236 e. The van der Waals surface area contributed by atoms with Gasteiger partial charge < -0.3 is 9.64 Å². The molecule has 0 spiro atoms. The SMILES string of the molecule is CCOc1ccc([C@@H]2S[C@H](C)C(=O)N2CC2CC2)cc1. The highest BCUT2D eigenvalue weighted by Crippen LogP contribution is 2.45. The maximum absolute atomic E-state index is 12.3. The molecular weight excluding hydrogens is 270 g/mol. The Kier molecular flexibility index (Phi) is 3.92. The van der Waals surface area contributed by atoms with Gasteiger partial charge in [-0.2, -0.15) is 0 Å². The van der Waals surface area contributed by atoms with Crippen molar-refractivity contribution in [1.82, 2.24) is 4.90 Å². The minimum Gasteiger partial charge on any atom is -0.494 e. The smallest absolute Gasteiger partial charge is 0.236 e. The number of carbonyl (C=O) groups excluding carboxylic acids is 1. The fourth-order valence-electron chi connectivity index (χ4n) is 2.59. The first kappa shape index (κ1) is 13.8. The van der Waals surface area contributed by atoms with Gasteiger partial charge in [-0.25, -0.2) is 0 Å². The van der Waals surface area contributed by atoms with Gasteiger partial charge in [0.2, 0.25) is 5.91 Å². The van der Waals surface area contributed by atoms with Gasteiger partial charge >= 0.3 is 0 Å². The molecule has 0 radical (unpaired) electrons. The van der Waals surface area contributed by atoms with Crippen molar-refractivity contribution in [2.75, 3.05) is 13.2 Å². The van der Waals surface area contributed by atoms with Crippen LogP contribution in [0.2, 0.25) is 0 Å². The Morgan fingerprint density at radius 2 is 2.00 bits per heavy atom. The molecule has 1 saturated carbocycles. The predicted molar refractivity (Wildman–Crippen MR) is 81.8 cm³/mol. The third-order valence-electron chi connectivity index (χ3n) is 3.88. The van der Waals surface area contributed by atoms with Crippen LogP contribution in [0.1, 0.15) is 37.6 Å². The molecule has 1 aromatic rings. The largest absolute Gasteiger partial charge is 0.494 e. The summed E-state index contributed by atoms with van der Waals surface area (Å²) in [6, 6.07) is 8.19. The van der Waals surface area contributed by atoms with Crippen LogP contribution in [0.15, 0.2) is 24.3 Å². The van der Waals surface area contributed by atoms with Gasteiger partial charge in [0, 0.05) is 6.54 Å². The molecule has 0 N–H and O–H groups in total. The van der Waals surface area contributed by atoms with E-state index in [0.29, 0.717) is 12.5 Å². The lowest BCUT2D eigenvalue weighted by Gasteiger charge is -2.24. The highest BCUT2D eigenvalue weighted by molar-refractivity contribution is 8.01. The van der Waals surface area contributed by atoms with Crippen molar-refractivity contribution in [3.05, 3.63) is 29.8 Å². The van der Waals surface area contributed by atoms with E-state index in [4.69, 9.17) is 4.74 Å². The number of benzene rings is 1.